The number of benzene rings is 1. The molecule has 0 radical (unpaired) electrons. The van der Waals surface area contributed by atoms with Gasteiger partial charge in [-0.2, -0.15) is 0 Å². The molecule has 0 spiro atoms. The highest BCUT2D eigenvalue weighted by Gasteiger charge is 2.26. The average Bonchev–Trinajstić information content (AvgIpc) is 3.05. The molecule has 1 unspecified atom stereocenters. The number of morpholine rings is 1. The van der Waals surface area contributed by atoms with Crippen LogP contribution in [0.2, 0.25) is 5.02 Å². The predicted molar refractivity (Wildman–Crippen MR) is 91.3 cm³/mol. The summed E-state index contributed by atoms with van der Waals surface area (Å²) >= 11 is 5.74. The van der Waals surface area contributed by atoms with Gasteiger partial charge >= 0.3 is 0 Å². The van der Waals surface area contributed by atoms with Crippen LogP contribution in [0.3, 0.4) is 0 Å². The molecule has 1 fully saturated rings. The summed E-state index contributed by atoms with van der Waals surface area (Å²) < 4.78 is 19.2. The number of carbonyl (C=O) groups excluding carboxylic acids is 1. The quantitative estimate of drug-likeness (QED) is 0.828. The van der Waals surface area contributed by atoms with Gasteiger partial charge in [0.15, 0.2) is 0 Å². The van der Waals surface area contributed by atoms with Crippen LogP contribution in [0.25, 0.3) is 0 Å². The first-order valence-corrected chi connectivity index (χ1v) is 8.69. The van der Waals surface area contributed by atoms with E-state index in [1.807, 2.05) is 6.07 Å². The number of nitrogens with zero attached hydrogens (tertiary/aromatic N) is 1. The summed E-state index contributed by atoms with van der Waals surface area (Å²) in [7, 11) is 0. The average molecular weight is 353 g/mol. The van der Waals surface area contributed by atoms with E-state index in [0.29, 0.717) is 26.2 Å². The first kappa shape index (κ1) is 17.4. The zero-order chi connectivity index (χ0) is 16.9. The maximum Gasteiger partial charge on any atom is 0.221 e. The summed E-state index contributed by atoms with van der Waals surface area (Å²) in [5.41, 5.74) is 0.851. The van der Waals surface area contributed by atoms with Gasteiger partial charge in [0.05, 0.1) is 18.2 Å². The number of ether oxygens (including phenoxy) is 1. The second-order valence-corrected chi connectivity index (χ2v) is 6.77. The SMILES string of the molecule is O=C(CC1COCCN1Cc1ccc(Cl)c(F)c1)NC1CC=CC1. The van der Waals surface area contributed by atoms with Crippen molar-refractivity contribution in [3.05, 3.63) is 46.8 Å². The van der Waals surface area contributed by atoms with Crippen molar-refractivity contribution in [1.29, 1.82) is 0 Å². The molecule has 0 aromatic heterocycles. The lowest BCUT2D eigenvalue weighted by Gasteiger charge is -2.35. The van der Waals surface area contributed by atoms with Crippen molar-refractivity contribution < 1.29 is 13.9 Å². The molecule has 4 nitrogen and oxygen atoms in total. The lowest BCUT2D eigenvalue weighted by molar-refractivity contribution is -0.125. The van der Waals surface area contributed by atoms with E-state index in [9.17, 15) is 9.18 Å². The molecular weight excluding hydrogens is 331 g/mol. The minimum atomic E-state index is -0.412. The first-order chi connectivity index (χ1) is 11.6. The third kappa shape index (κ3) is 4.56. The Balaban J connectivity index is 1.58. The number of halogens is 2. The van der Waals surface area contributed by atoms with Crippen molar-refractivity contribution in [2.75, 3.05) is 19.8 Å². The van der Waals surface area contributed by atoms with Gasteiger partial charge in [0, 0.05) is 31.6 Å². The molecule has 1 amide bonds. The summed E-state index contributed by atoms with van der Waals surface area (Å²) in [6.45, 7) is 2.46. The Labute approximate surface area is 146 Å². The van der Waals surface area contributed by atoms with Crippen LogP contribution < -0.4 is 5.32 Å². The molecule has 1 aliphatic heterocycles. The van der Waals surface area contributed by atoms with Crippen LogP contribution in [0.5, 0.6) is 0 Å². The van der Waals surface area contributed by atoms with Crippen LogP contribution >= 0.6 is 11.6 Å². The van der Waals surface area contributed by atoms with Crippen LogP contribution in [-0.4, -0.2) is 42.6 Å². The molecule has 1 aromatic rings. The monoisotopic (exact) mass is 352 g/mol. The van der Waals surface area contributed by atoms with Gasteiger partial charge in [-0.1, -0.05) is 29.8 Å². The zero-order valence-electron chi connectivity index (χ0n) is 13.5. The normalized spacial score (nSPS) is 22.0. The van der Waals surface area contributed by atoms with E-state index in [0.717, 1.165) is 24.9 Å². The standard InChI is InChI=1S/C18H22ClFN2O2/c19-16-6-5-13(9-17(16)20)11-22-7-8-24-12-15(22)10-18(23)21-14-3-1-2-4-14/h1-2,5-6,9,14-15H,3-4,7-8,10-12H2,(H,21,23). The van der Waals surface area contributed by atoms with E-state index in [4.69, 9.17) is 16.3 Å². The van der Waals surface area contributed by atoms with E-state index >= 15 is 0 Å². The highest BCUT2D eigenvalue weighted by molar-refractivity contribution is 6.30. The van der Waals surface area contributed by atoms with Gasteiger partial charge in [0.2, 0.25) is 5.91 Å². The maximum absolute atomic E-state index is 13.6. The molecule has 1 atom stereocenters. The number of rotatable bonds is 5. The number of amides is 1. The highest BCUT2D eigenvalue weighted by Crippen LogP contribution is 2.20. The fourth-order valence-corrected chi connectivity index (χ4v) is 3.31. The lowest BCUT2D eigenvalue weighted by Crippen LogP contribution is -2.48. The van der Waals surface area contributed by atoms with Crippen LogP contribution in [0.1, 0.15) is 24.8 Å². The summed E-state index contributed by atoms with van der Waals surface area (Å²) in [5, 5.41) is 3.19. The third-order valence-corrected chi connectivity index (χ3v) is 4.82. The zero-order valence-corrected chi connectivity index (χ0v) is 14.3. The molecule has 0 saturated carbocycles. The number of nitrogens with one attached hydrogen (secondary N) is 1. The number of carbonyl (C=O) groups is 1. The van der Waals surface area contributed by atoms with Crippen molar-refractivity contribution in [2.45, 2.75) is 37.9 Å². The highest BCUT2D eigenvalue weighted by atomic mass is 35.5. The summed E-state index contributed by atoms with van der Waals surface area (Å²) in [5.74, 6) is -0.364. The summed E-state index contributed by atoms with van der Waals surface area (Å²) in [6.07, 6.45) is 6.39. The molecule has 1 saturated heterocycles. The minimum Gasteiger partial charge on any atom is -0.378 e. The Morgan fingerprint density at radius 1 is 1.38 bits per heavy atom. The van der Waals surface area contributed by atoms with E-state index in [1.54, 1.807) is 6.07 Å². The van der Waals surface area contributed by atoms with E-state index in [1.165, 1.54) is 6.07 Å². The molecule has 1 aliphatic carbocycles. The number of hydrogen-bond donors (Lipinski definition) is 1. The molecule has 1 N–H and O–H groups in total. The largest absolute Gasteiger partial charge is 0.378 e. The van der Waals surface area contributed by atoms with Gasteiger partial charge in [-0.3, -0.25) is 9.69 Å². The minimum absolute atomic E-state index is 0.00634. The Morgan fingerprint density at radius 2 is 2.17 bits per heavy atom. The summed E-state index contributed by atoms with van der Waals surface area (Å²) in [4.78, 5) is 14.4. The molecule has 24 heavy (non-hydrogen) atoms. The molecular formula is C18H22ClFN2O2. The van der Waals surface area contributed by atoms with Crippen LogP contribution in [0.15, 0.2) is 30.4 Å². The van der Waals surface area contributed by atoms with Crippen LogP contribution in [0, 0.1) is 5.82 Å². The molecule has 130 valence electrons. The fraction of sp³-hybridized carbons (Fsp3) is 0.500. The van der Waals surface area contributed by atoms with Gasteiger partial charge in [-0.15, -0.1) is 0 Å². The molecule has 1 heterocycles. The summed E-state index contributed by atoms with van der Waals surface area (Å²) in [6, 6.07) is 5.08. The third-order valence-electron chi connectivity index (χ3n) is 4.51. The molecule has 1 aromatic carbocycles. The Bertz CT molecular complexity index is 615. The Hall–Kier alpha value is -1.43. The van der Waals surface area contributed by atoms with E-state index in [-0.39, 0.29) is 23.0 Å². The Kier molecular flexibility index (Phi) is 5.87. The van der Waals surface area contributed by atoms with Gasteiger partial charge in [0.1, 0.15) is 5.82 Å². The van der Waals surface area contributed by atoms with E-state index in [2.05, 4.69) is 22.4 Å². The maximum atomic E-state index is 13.6. The smallest absolute Gasteiger partial charge is 0.221 e. The second-order valence-electron chi connectivity index (χ2n) is 6.36. The fourth-order valence-electron chi connectivity index (χ4n) is 3.19. The lowest BCUT2D eigenvalue weighted by atomic mass is 10.1. The van der Waals surface area contributed by atoms with Crippen molar-refractivity contribution in [1.82, 2.24) is 10.2 Å². The van der Waals surface area contributed by atoms with E-state index < -0.39 is 5.82 Å². The van der Waals surface area contributed by atoms with Gasteiger partial charge in [0.25, 0.3) is 0 Å². The predicted octanol–water partition coefficient (Wildman–Crippen LogP) is 2.90. The van der Waals surface area contributed by atoms with Crippen molar-refractivity contribution in [2.24, 2.45) is 0 Å². The molecule has 6 heteroatoms. The second kappa shape index (κ2) is 8.10. The van der Waals surface area contributed by atoms with Gasteiger partial charge in [-0.25, -0.2) is 4.39 Å². The molecule has 0 bridgehead atoms. The Morgan fingerprint density at radius 3 is 2.92 bits per heavy atom. The van der Waals surface area contributed by atoms with Crippen molar-refractivity contribution in [3.8, 4) is 0 Å². The first-order valence-electron chi connectivity index (χ1n) is 8.32. The molecule has 3 rings (SSSR count). The van der Waals surface area contributed by atoms with Crippen LogP contribution in [0.4, 0.5) is 4.39 Å². The topological polar surface area (TPSA) is 41.6 Å². The van der Waals surface area contributed by atoms with Crippen LogP contribution in [-0.2, 0) is 16.1 Å². The van der Waals surface area contributed by atoms with Crippen molar-refractivity contribution >= 4 is 17.5 Å². The van der Waals surface area contributed by atoms with Gasteiger partial charge in [-0.05, 0) is 30.5 Å². The van der Waals surface area contributed by atoms with Gasteiger partial charge < -0.3 is 10.1 Å². The number of hydrogen-bond acceptors (Lipinski definition) is 3. The van der Waals surface area contributed by atoms with Crippen molar-refractivity contribution in [3.63, 3.8) is 0 Å². The molecule has 2 aliphatic rings.